The van der Waals surface area contributed by atoms with Crippen LogP contribution in [0.3, 0.4) is 0 Å². The van der Waals surface area contributed by atoms with E-state index in [1.54, 1.807) is 17.4 Å². The number of piperazine rings is 1. The van der Waals surface area contributed by atoms with Crippen molar-refractivity contribution < 1.29 is 29.1 Å². The number of unbranched alkanes of at least 4 members (excludes halogenated alkanes) is 5. The predicted octanol–water partition coefficient (Wildman–Crippen LogP) is 8.48. The van der Waals surface area contributed by atoms with Gasteiger partial charge in [-0.05, 0) is 78.1 Å². The van der Waals surface area contributed by atoms with Crippen molar-refractivity contribution in [3.8, 4) is 16.5 Å². The van der Waals surface area contributed by atoms with Crippen LogP contribution in [0, 0.1) is 23.7 Å². The van der Waals surface area contributed by atoms with Crippen molar-refractivity contribution in [1.82, 2.24) is 30.4 Å². The molecule has 2 aromatic heterocycles. The maximum absolute atomic E-state index is 14.1. The number of hydrogen-bond donors (Lipinski definition) is 4. The van der Waals surface area contributed by atoms with Gasteiger partial charge in [-0.1, -0.05) is 97.6 Å². The zero-order valence-electron chi connectivity index (χ0n) is 43.0. The third kappa shape index (κ3) is 11.0. The summed E-state index contributed by atoms with van der Waals surface area (Å²) in [5.41, 5.74) is 10.5. The number of aromatic amines is 1. The minimum atomic E-state index is -0.872. The number of thiazole rings is 1. The Labute approximate surface area is 427 Å². The fourth-order valence-electron chi connectivity index (χ4n) is 10.8. The Bertz CT molecular complexity index is 2880. The Kier molecular flexibility index (Phi) is 15.7. The second kappa shape index (κ2) is 21.8. The fourth-order valence-corrected chi connectivity index (χ4v) is 11.6. The number of ketones is 1. The summed E-state index contributed by atoms with van der Waals surface area (Å²) >= 11 is 1.58. The van der Waals surface area contributed by atoms with Crippen molar-refractivity contribution in [2.24, 2.45) is 5.41 Å². The number of hydrogen-bond acceptors (Lipinski definition) is 10. The van der Waals surface area contributed by atoms with Crippen LogP contribution in [0.5, 0.6) is 0 Å². The number of carbonyl (C=O) groups excluding carboxylic acids is 5. The highest BCUT2D eigenvalue weighted by atomic mass is 32.1. The minimum Gasteiger partial charge on any atom is -0.391 e. The number of H-pyrrole nitrogens is 1. The van der Waals surface area contributed by atoms with E-state index < -0.39 is 29.0 Å². The number of β-amino-alcohol motifs (C(OH)–C–C–N with tert-alkyl or cyclic N) is 1. The van der Waals surface area contributed by atoms with Crippen molar-refractivity contribution in [2.45, 2.75) is 143 Å². The van der Waals surface area contributed by atoms with Crippen LogP contribution < -0.4 is 15.5 Å². The Hall–Kier alpha value is -6.37. The van der Waals surface area contributed by atoms with Gasteiger partial charge in [0.1, 0.15) is 12.1 Å². The van der Waals surface area contributed by atoms with E-state index in [1.807, 2.05) is 74.5 Å². The Morgan fingerprint density at radius 3 is 2.31 bits per heavy atom. The van der Waals surface area contributed by atoms with Crippen LogP contribution in [-0.4, -0.2) is 105 Å². The van der Waals surface area contributed by atoms with Gasteiger partial charge < -0.3 is 35.4 Å². The Morgan fingerprint density at radius 1 is 0.958 bits per heavy atom. The van der Waals surface area contributed by atoms with E-state index in [-0.39, 0.29) is 55.3 Å². The van der Waals surface area contributed by atoms with Crippen LogP contribution in [0.15, 0.2) is 60.1 Å². The number of nitriles is 1. The highest BCUT2D eigenvalue weighted by Crippen LogP contribution is 2.46. The molecular formula is C57H70N8O6S. The molecule has 0 bridgehead atoms. The predicted molar refractivity (Wildman–Crippen MR) is 282 cm³/mol. The molecule has 1 aliphatic carbocycles. The van der Waals surface area contributed by atoms with Crippen molar-refractivity contribution in [3.05, 3.63) is 105 Å². The molecule has 72 heavy (non-hydrogen) atoms. The fraction of sp³-hybridized carbons (Fsp3) is 0.491. The van der Waals surface area contributed by atoms with Gasteiger partial charge in [0, 0.05) is 91.8 Å². The average molecular weight is 995 g/mol. The topological polar surface area (TPSA) is 192 Å². The molecule has 0 radical (unpaired) electrons. The largest absolute Gasteiger partial charge is 0.391 e. The number of aliphatic hydroxyl groups excluding tert-OH is 1. The van der Waals surface area contributed by atoms with Crippen LogP contribution >= 0.6 is 11.3 Å². The SMILES string of the molecule is CCc1cc2c(cc1N1CCN(C(=O)CCCCCCCCC(=O)NC(C(=O)N3C[C@H](O)C[C@H]3C(=O)NCc3ccc(-c4scnc4C)cc3)C(C)(C)C)CC1)C(C)(C)c1[nH]c3cc(C#N)ccc3c1C2=O. The molecule has 4 amide bonds. The molecule has 14 nitrogen and oxygen atoms in total. The number of amides is 4. The number of carbonyl (C=O) groups is 5. The van der Waals surface area contributed by atoms with E-state index in [0.29, 0.717) is 50.1 Å². The number of likely N-dealkylation sites (tertiary alicyclic amines) is 1. The van der Waals surface area contributed by atoms with Gasteiger partial charge in [0.2, 0.25) is 23.6 Å². The molecule has 4 N–H and O–H groups in total. The number of aromatic nitrogens is 2. The van der Waals surface area contributed by atoms with Gasteiger partial charge in [0.25, 0.3) is 0 Å². The lowest BCUT2D eigenvalue weighted by Gasteiger charge is -2.39. The van der Waals surface area contributed by atoms with Crippen LogP contribution in [-0.2, 0) is 37.6 Å². The molecule has 15 heteroatoms. The quantitative estimate of drug-likeness (QED) is 0.0662. The lowest BCUT2D eigenvalue weighted by Crippen LogP contribution is -2.57. The number of benzene rings is 3. The van der Waals surface area contributed by atoms with Crippen LogP contribution in [0.2, 0.25) is 0 Å². The Morgan fingerprint density at radius 2 is 1.65 bits per heavy atom. The number of nitrogens with zero attached hydrogens (tertiary/aromatic N) is 5. The molecule has 4 heterocycles. The number of anilines is 1. The summed E-state index contributed by atoms with van der Waals surface area (Å²) in [4.78, 5) is 83.0. The summed E-state index contributed by atoms with van der Waals surface area (Å²) in [5.74, 6) is -0.755. The molecule has 2 aliphatic heterocycles. The summed E-state index contributed by atoms with van der Waals surface area (Å²) in [6.45, 7) is 17.0. The number of fused-ring (bicyclic) bond motifs is 4. The zero-order chi connectivity index (χ0) is 51.5. The van der Waals surface area contributed by atoms with Gasteiger partial charge in [-0.15, -0.1) is 11.3 Å². The molecule has 0 saturated carbocycles. The molecule has 8 rings (SSSR count). The first-order valence-corrected chi connectivity index (χ1v) is 26.6. The zero-order valence-corrected chi connectivity index (χ0v) is 43.8. The first-order chi connectivity index (χ1) is 34.4. The van der Waals surface area contributed by atoms with E-state index >= 15 is 0 Å². The van der Waals surface area contributed by atoms with Gasteiger partial charge in [-0.25, -0.2) is 4.98 Å². The van der Waals surface area contributed by atoms with Gasteiger partial charge in [-0.2, -0.15) is 5.26 Å². The summed E-state index contributed by atoms with van der Waals surface area (Å²) in [7, 11) is 0. The van der Waals surface area contributed by atoms with E-state index in [1.165, 1.54) is 4.90 Å². The van der Waals surface area contributed by atoms with E-state index in [4.69, 9.17) is 0 Å². The van der Waals surface area contributed by atoms with Crippen molar-refractivity contribution in [2.75, 3.05) is 37.6 Å². The molecule has 3 atom stereocenters. The molecule has 5 aromatic rings. The molecule has 2 saturated heterocycles. The standard InChI is InChI=1S/C57H70N8O6S/c1-8-38-28-42-43(57(6,7)52-49(50(42)69)41-22-19-37(31-58)27-44(41)61-52)30-45(38)63-23-25-64(26-24-63)48(68)16-14-12-10-9-11-13-15-47(67)62-53(56(3,4)5)55(71)65-33-40(66)29-46(65)54(70)59-32-36-17-20-39(21-18-36)51-35(2)60-34-72-51/h17-22,27-28,30,34,40,46,53,61,66H,8-16,23-26,29,32-33H2,1-7H3,(H,59,70)(H,62,67)/t40-,46+,53?/m1/s1. The Balaban J connectivity index is 0.746. The summed E-state index contributed by atoms with van der Waals surface area (Å²) in [5, 5.41) is 26.9. The minimum absolute atomic E-state index is 0.00591. The highest BCUT2D eigenvalue weighted by Gasteiger charge is 2.45. The second-order valence-electron chi connectivity index (χ2n) is 21.5. The van der Waals surface area contributed by atoms with Crippen LogP contribution in [0.25, 0.3) is 21.3 Å². The second-order valence-corrected chi connectivity index (χ2v) is 22.4. The van der Waals surface area contributed by atoms with Crippen LogP contribution in [0.1, 0.15) is 149 Å². The third-order valence-electron chi connectivity index (χ3n) is 15.0. The van der Waals surface area contributed by atoms with Gasteiger partial charge >= 0.3 is 0 Å². The summed E-state index contributed by atoms with van der Waals surface area (Å²) in [6, 6.07) is 18.1. The van der Waals surface area contributed by atoms with Crippen molar-refractivity contribution in [1.29, 1.82) is 5.26 Å². The number of aryl methyl sites for hydroxylation is 2. The summed E-state index contributed by atoms with van der Waals surface area (Å²) < 4.78 is 0. The first-order valence-electron chi connectivity index (χ1n) is 25.8. The van der Waals surface area contributed by atoms with Crippen molar-refractivity contribution in [3.63, 3.8) is 0 Å². The smallest absolute Gasteiger partial charge is 0.246 e. The van der Waals surface area contributed by atoms with Crippen LogP contribution in [0.4, 0.5) is 5.69 Å². The third-order valence-corrected chi connectivity index (χ3v) is 16.0. The molecule has 2 fully saturated rings. The molecule has 3 aliphatic rings. The highest BCUT2D eigenvalue weighted by molar-refractivity contribution is 7.13. The number of nitrogens with one attached hydrogen (secondary N) is 3. The van der Waals surface area contributed by atoms with Crippen molar-refractivity contribution >= 4 is 57.3 Å². The number of rotatable bonds is 17. The molecular weight excluding hydrogens is 925 g/mol. The van der Waals surface area contributed by atoms with E-state index in [9.17, 15) is 34.3 Å². The van der Waals surface area contributed by atoms with Gasteiger partial charge in [0.05, 0.1) is 39.4 Å². The average Bonchev–Trinajstić information content (AvgIpc) is 4.10. The lowest BCUT2D eigenvalue weighted by atomic mass is 9.70. The first kappa shape index (κ1) is 52.0. The number of aliphatic hydroxyl groups is 1. The van der Waals surface area contributed by atoms with E-state index in [2.05, 4.69) is 64.5 Å². The molecule has 3 aromatic carbocycles. The summed E-state index contributed by atoms with van der Waals surface area (Å²) in [6.07, 6.45) is 5.98. The molecule has 1 unspecified atom stereocenters. The molecule has 0 spiro atoms. The lowest BCUT2D eigenvalue weighted by molar-refractivity contribution is -0.144. The maximum Gasteiger partial charge on any atom is 0.246 e. The van der Waals surface area contributed by atoms with E-state index in [0.717, 1.165) is 99.2 Å². The normalized spacial score (nSPS) is 17.9. The van der Waals surface area contributed by atoms with Gasteiger partial charge in [-0.3, -0.25) is 24.0 Å². The monoisotopic (exact) mass is 995 g/mol. The maximum atomic E-state index is 14.1. The molecule has 380 valence electrons. The van der Waals surface area contributed by atoms with Gasteiger partial charge in [0.15, 0.2) is 5.78 Å².